The lowest BCUT2D eigenvalue weighted by Crippen LogP contribution is -2.35. The number of nitrogens with one attached hydrogen (secondary N) is 1. The lowest BCUT2D eigenvalue weighted by atomic mass is 9.96. The number of carbonyl (C=O) groups is 3. The van der Waals surface area contributed by atoms with Gasteiger partial charge in [-0.3, -0.25) is 14.9 Å². The highest BCUT2D eigenvalue weighted by Gasteiger charge is 2.31. The van der Waals surface area contributed by atoms with E-state index >= 15 is 0 Å². The summed E-state index contributed by atoms with van der Waals surface area (Å²) in [5.74, 6) is -2.26. The number of hydrogen-bond acceptors (Lipinski definition) is 8. The maximum absolute atomic E-state index is 13.8. The fourth-order valence-corrected chi connectivity index (χ4v) is 4.92. The molecular formula is C32H31F3N9O5+. The van der Waals surface area contributed by atoms with E-state index in [0.717, 1.165) is 18.7 Å². The number of carboxylic acid groups (broad SMARTS) is 2. The molecule has 5 rings (SSSR count). The van der Waals surface area contributed by atoms with E-state index in [4.69, 9.17) is 9.90 Å². The Morgan fingerprint density at radius 1 is 1.08 bits per heavy atom. The zero-order valence-electron chi connectivity index (χ0n) is 26.7. The molecule has 0 spiro atoms. The molecule has 0 aliphatic carbocycles. The first kappa shape index (κ1) is 35.7. The molecule has 0 atom stereocenters. The lowest BCUT2D eigenvalue weighted by Gasteiger charge is -2.23. The maximum Gasteiger partial charge on any atom is 0.416 e. The van der Waals surface area contributed by atoms with Crippen LogP contribution in [0.4, 0.5) is 19.1 Å². The number of hydrogen-bond donors (Lipinski definition) is 3. The Balaban J connectivity index is 0.00000174. The number of aromatic nitrogens is 6. The Kier molecular flexibility index (Phi) is 10.4. The molecule has 49 heavy (non-hydrogen) atoms. The van der Waals surface area contributed by atoms with Crippen LogP contribution >= 0.6 is 0 Å². The Morgan fingerprint density at radius 2 is 1.76 bits per heavy atom. The van der Waals surface area contributed by atoms with Crippen LogP contribution in [-0.2, 0) is 15.8 Å². The molecule has 0 unspecified atom stereocenters. The summed E-state index contributed by atoms with van der Waals surface area (Å²) in [5, 5.41) is 37.0. The van der Waals surface area contributed by atoms with Crippen molar-refractivity contribution in [1.82, 2.24) is 29.4 Å². The van der Waals surface area contributed by atoms with Crippen molar-refractivity contribution in [2.45, 2.75) is 25.9 Å². The molecule has 0 radical (unpaired) electrons. The Labute approximate surface area is 277 Å². The SMILES string of the molecule is Cc1c(-c2nc(C(=O)O)nn2-c2ccc(C#N)cc2)cn2nc(NC(=O)CCC[N+](C)(C)C)nc2c1-c1cccc(C(F)(F)F)c1.O=CO. The largest absolute Gasteiger partial charge is 0.483 e. The Bertz CT molecular complexity index is 2060. The third-order valence-electron chi connectivity index (χ3n) is 7.13. The van der Waals surface area contributed by atoms with Crippen LogP contribution in [0.15, 0.2) is 54.7 Å². The Hall–Kier alpha value is -6.15. The normalized spacial score (nSPS) is 11.4. The molecule has 14 nitrogen and oxygen atoms in total. The zero-order valence-corrected chi connectivity index (χ0v) is 26.7. The molecule has 3 heterocycles. The number of nitrogens with zero attached hydrogens (tertiary/aromatic N) is 8. The molecule has 3 N–H and O–H groups in total. The van der Waals surface area contributed by atoms with Gasteiger partial charge in [-0.15, -0.1) is 10.2 Å². The van der Waals surface area contributed by atoms with Gasteiger partial charge in [-0.2, -0.15) is 23.4 Å². The van der Waals surface area contributed by atoms with E-state index < -0.39 is 23.5 Å². The van der Waals surface area contributed by atoms with Crippen LogP contribution in [0.5, 0.6) is 0 Å². The summed E-state index contributed by atoms with van der Waals surface area (Å²) in [5.41, 5.74) is 1.13. The van der Waals surface area contributed by atoms with Crippen molar-refractivity contribution in [2.24, 2.45) is 0 Å². The highest BCUT2D eigenvalue weighted by molar-refractivity contribution is 5.91. The number of anilines is 1. The van der Waals surface area contributed by atoms with E-state index in [9.17, 15) is 33.1 Å². The van der Waals surface area contributed by atoms with Gasteiger partial charge < -0.3 is 14.7 Å². The van der Waals surface area contributed by atoms with Gasteiger partial charge in [-0.25, -0.2) is 19.0 Å². The van der Waals surface area contributed by atoms with Crippen molar-refractivity contribution in [3.05, 3.63) is 77.2 Å². The zero-order chi connectivity index (χ0) is 36.1. The summed E-state index contributed by atoms with van der Waals surface area (Å²) in [7, 11) is 6.04. The van der Waals surface area contributed by atoms with Gasteiger partial charge in [0.1, 0.15) is 0 Å². The van der Waals surface area contributed by atoms with Crippen LogP contribution in [0, 0.1) is 18.3 Å². The van der Waals surface area contributed by atoms with Gasteiger partial charge in [-0.1, -0.05) is 12.1 Å². The predicted molar refractivity (Wildman–Crippen MR) is 170 cm³/mol. The van der Waals surface area contributed by atoms with Crippen molar-refractivity contribution < 1.29 is 42.3 Å². The number of amides is 1. The summed E-state index contributed by atoms with van der Waals surface area (Å²) in [4.78, 5) is 41.7. The van der Waals surface area contributed by atoms with Crippen molar-refractivity contribution >= 4 is 29.9 Å². The molecule has 1 amide bonds. The number of alkyl halides is 3. The molecule has 0 aliphatic rings. The minimum atomic E-state index is -4.62. The van der Waals surface area contributed by atoms with Crippen molar-refractivity contribution in [2.75, 3.05) is 33.0 Å². The quantitative estimate of drug-likeness (QED) is 0.146. The number of rotatable bonds is 9. The summed E-state index contributed by atoms with van der Waals surface area (Å²) < 4.78 is 44.5. The van der Waals surface area contributed by atoms with Gasteiger partial charge in [0.15, 0.2) is 11.5 Å². The summed E-state index contributed by atoms with van der Waals surface area (Å²) in [6.07, 6.45) is -2.31. The van der Waals surface area contributed by atoms with Crippen LogP contribution in [0.2, 0.25) is 0 Å². The van der Waals surface area contributed by atoms with Crippen LogP contribution in [-0.4, -0.2) is 90.1 Å². The Morgan fingerprint density at radius 3 is 2.35 bits per heavy atom. The van der Waals surface area contributed by atoms with E-state index in [0.29, 0.717) is 27.7 Å². The molecule has 0 saturated carbocycles. The minimum absolute atomic E-state index is 0.0520. The maximum atomic E-state index is 13.8. The van der Waals surface area contributed by atoms with Crippen molar-refractivity contribution in [3.8, 4) is 34.3 Å². The second kappa shape index (κ2) is 14.3. The van der Waals surface area contributed by atoms with Gasteiger partial charge in [0.2, 0.25) is 11.9 Å². The number of pyridine rings is 1. The fourth-order valence-electron chi connectivity index (χ4n) is 4.92. The summed E-state index contributed by atoms with van der Waals surface area (Å²) in [6.45, 7) is 2.15. The number of nitriles is 1. The molecular weight excluding hydrogens is 647 g/mol. The van der Waals surface area contributed by atoms with E-state index in [1.165, 1.54) is 39.7 Å². The molecule has 0 bridgehead atoms. The predicted octanol–water partition coefficient (Wildman–Crippen LogP) is 4.67. The second-order valence-corrected chi connectivity index (χ2v) is 11.7. The molecule has 0 fully saturated rings. The molecule has 3 aromatic heterocycles. The van der Waals surface area contributed by atoms with Gasteiger partial charge >= 0.3 is 12.1 Å². The lowest BCUT2D eigenvalue weighted by molar-refractivity contribution is -0.870. The number of halogens is 3. The molecule has 2 aromatic carbocycles. The number of benzene rings is 2. The van der Waals surface area contributed by atoms with Gasteiger partial charge in [0, 0.05) is 30.2 Å². The first-order valence-electron chi connectivity index (χ1n) is 14.5. The second-order valence-electron chi connectivity index (χ2n) is 11.7. The van der Waals surface area contributed by atoms with E-state index in [1.54, 1.807) is 19.1 Å². The monoisotopic (exact) mass is 678 g/mol. The molecule has 17 heteroatoms. The average Bonchev–Trinajstić information content (AvgIpc) is 3.64. The van der Waals surface area contributed by atoms with Crippen LogP contribution in [0.25, 0.3) is 33.8 Å². The first-order valence-corrected chi connectivity index (χ1v) is 14.5. The third-order valence-corrected chi connectivity index (χ3v) is 7.13. The van der Waals surface area contributed by atoms with E-state index in [1.807, 2.05) is 27.2 Å². The number of carboxylic acids is 1. The average molecular weight is 679 g/mol. The van der Waals surface area contributed by atoms with E-state index in [-0.39, 0.29) is 52.9 Å². The first-order chi connectivity index (χ1) is 23.1. The highest BCUT2D eigenvalue weighted by Crippen LogP contribution is 2.38. The molecule has 0 saturated heterocycles. The van der Waals surface area contributed by atoms with Crippen molar-refractivity contribution in [3.63, 3.8) is 0 Å². The smallest absolute Gasteiger partial charge is 0.416 e. The van der Waals surface area contributed by atoms with E-state index in [2.05, 4.69) is 25.5 Å². The van der Waals surface area contributed by atoms with Crippen molar-refractivity contribution in [1.29, 1.82) is 5.26 Å². The third kappa shape index (κ3) is 8.42. The van der Waals surface area contributed by atoms with Crippen LogP contribution in [0.3, 0.4) is 0 Å². The number of quaternary nitrogens is 1. The highest BCUT2D eigenvalue weighted by atomic mass is 19.4. The molecule has 0 aliphatic heterocycles. The number of aromatic carboxylic acids is 1. The summed E-state index contributed by atoms with van der Waals surface area (Å²) >= 11 is 0. The van der Waals surface area contributed by atoms with Gasteiger partial charge in [0.05, 0.1) is 50.6 Å². The standard InChI is InChI=1S/C31H28F3N9O3.CH2O2/c1-18-23(27-37-26(29(45)46)39-42(27)22-12-10-19(16-35)11-13-22)17-41-28(25(18)20-7-5-8-21(15-20)31(32,33)34)38-30(40-41)36-24(44)9-6-14-43(2,3)4;2-1-3/h5,7-8,10-13,15,17H,6,9,14H2,1-4H3,(H-,36,40,44,45,46);1H,(H,2,3)/p+1. The number of fused-ring (bicyclic) bond motifs is 1. The van der Waals surface area contributed by atoms with Gasteiger partial charge in [-0.05, 0) is 54.4 Å². The van der Waals surface area contributed by atoms with Crippen LogP contribution < -0.4 is 5.32 Å². The molecule has 5 aromatic rings. The fraction of sp³-hybridized carbons (Fsp3) is 0.250. The molecule has 254 valence electrons. The summed E-state index contributed by atoms with van der Waals surface area (Å²) in [6, 6.07) is 12.9. The number of carbonyl (C=O) groups excluding carboxylic acids is 1. The van der Waals surface area contributed by atoms with Crippen LogP contribution in [0.1, 0.15) is 40.2 Å². The topological polar surface area (TPSA) is 188 Å². The minimum Gasteiger partial charge on any atom is -0.483 e. The van der Waals surface area contributed by atoms with Gasteiger partial charge in [0.25, 0.3) is 12.3 Å².